The van der Waals surface area contributed by atoms with Gasteiger partial charge in [0.25, 0.3) is 0 Å². The molecule has 1 saturated heterocycles. The van der Waals surface area contributed by atoms with Crippen LogP contribution in [0.25, 0.3) is 0 Å². The summed E-state index contributed by atoms with van der Waals surface area (Å²) in [5.74, 6) is 0. The summed E-state index contributed by atoms with van der Waals surface area (Å²) >= 11 is 5.52. The van der Waals surface area contributed by atoms with Crippen LogP contribution in [0.2, 0.25) is 0 Å². The number of nitrogens with zero attached hydrogens (tertiary/aromatic N) is 2. The normalized spacial score (nSPS) is 19.9. The van der Waals surface area contributed by atoms with Crippen molar-refractivity contribution < 1.29 is 13.2 Å². The average Bonchev–Trinajstić information content (AvgIpc) is 2.69. The van der Waals surface area contributed by atoms with Gasteiger partial charge in [0.2, 0.25) is 10.0 Å². The lowest BCUT2D eigenvalue weighted by Crippen LogP contribution is -2.41. The fraction of sp³-hybridized carbons (Fsp3) is 0.611. The van der Waals surface area contributed by atoms with E-state index in [2.05, 4.69) is 10.2 Å². The summed E-state index contributed by atoms with van der Waals surface area (Å²) in [6.07, 6.45) is 6.17. The van der Waals surface area contributed by atoms with E-state index in [1.54, 1.807) is 24.3 Å². The topological polar surface area (TPSA) is 61.9 Å². The highest BCUT2D eigenvalue weighted by Crippen LogP contribution is 2.23. The molecule has 1 aromatic rings. The van der Waals surface area contributed by atoms with E-state index in [1.807, 2.05) is 7.05 Å². The minimum Gasteiger partial charge on any atom is -0.379 e. The van der Waals surface area contributed by atoms with Gasteiger partial charge in [0.1, 0.15) is 0 Å². The predicted molar refractivity (Wildman–Crippen MR) is 107 cm³/mol. The molecule has 8 heteroatoms. The lowest BCUT2D eigenvalue weighted by Gasteiger charge is -2.33. The first-order valence-corrected chi connectivity index (χ1v) is 11.0. The number of ether oxygens (including phenoxy) is 1. The van der Waals surface area contributed by atoms with Gasteiger partial charge in [-0.05, 0) is 49.3 Å². The molecule has 1 aliphatic heterocycles. The Labute approximate surface area is 161 Å². The van der Waals surface area contributed by atoms with Gasteiger partial charge < -0.3 is 15.0 Å². The number of benzene rings is 1. The number of hydrogen-bond donors (Lipinski definition) is 1. The fourth-order valence-corrected chi connectivity index (χ4v) is 5.17. The van der Waals surface area contributed by atoms with Gasteiger partial charge in [0.15, 0.2) is 5.11 Å². The zero-order chi connectivity index (χ0) is 18.6. The van der Waals surface area contributed by atoms with Crippen molar-refractivity contribution in [1.29, 1.82) is 0 Å². The Morgan fingerprint density at radius 1 is 1.15 bits per heavy atom. The molecule has 1 saturated carbocycles. The molecule has 1 N–H and O–H groups in total. The Hall–Kier alpha value is -1.22. The zero-order valence-corrected chi connectivity index (χ0v) is 16.8. The van der Waals surface area contributed by atoms with Crippen LogP contribution in [-0.4, -0.2) is 62.1 Å². The summed E-state index contributed by atoms with van der Waals surface area (Å²) in [6.45, 7) is 1.69. The van der Waals surface area contributed by atoms with Crippen LogP contribution >= 0.6 is 12.2 Å². The molecular weight excluding hydrogens is 370 g/mol. The van der Waals surface area contributed by atoms with Gasteiger partial charge in [0.05, 0.1) is 18.1 Å². The highest BCUT2D eigenvalue weighted by Gasteiger charge is 2.26. The molecule has 144 valence electrons. The van der Waals surface area contributed by atoms with Gasteiger partial charge >= 0.3 is 0 Å². The van der Waals surface area contributed by atoms with E-state index in [1.165, 1.54) is 36.4 Å². The first-order chi connectivity index (χ1) is 12.5. The molecule has 0 amide bonds. The van der Waals surface area contributed by atoms with E-state index in [4.69, 9.17) is 17.0 Å². The quantitative estimate of drug-likeness (QED) is 0.788. The average molecular weight is 398 g/mol. The summed E-state index contributed by atoms with van der Waals surface area (Å²) in [5.41, 5.74) is 0.804. The van der Waals surface area contributed by atoms with Crippen molar-refractivity contribution in [3.8, 4) is 0 Å². The Morgan fingerprint density at radius 3 is 2.38 bits per heavy atom. The van der Waals surface area contributed by atoms with Crippen molar-refractivity contribution in [2.75, 3.05) is 38.7 Å². The largest absolute Gasteiger partial charge is 0.379 e. The van der Waals surface area contributed by atoms with E-state index < -0.39 is 10.0 Å². The van der Waals surface area contributed by atoms with Crippen molar-refractivity contribution in [2.45, 2.75) is 43.0 Å². The first kappa shape index (κ1) is 19.5. The van der Waals surface area contributed by atoms with E-state index >= 15 is 0 Å². The monoisotopic (exact) mass is 397 g/mol. The maximum Gasteiger partial charge on any atom is 0.243 e. The summed E-state index contributed by atoms with van der Waals surface area (Å²) < 4.78 is 32.0. The molecule has 0 atom stereocenters. The Balaban J connectivity index is 1.62. The summed E-state index contributed by atoms with van der Waals surface area (Å²) in [6, 6.07) is 7.31. The highest BCUT2D eigenvalue weighted by molar-refractivity contribution is 7.89. The third-order valence-corrected chi connectivity index (χ3v) is 7.46. The molecule has 0 bridgehead atoms. The Bertz CT molecular complexity index is 710. The molecule has 2 aliphatic rings. The molecule has 1 aromatic carbocycles. The Morgan fingerprint density at radius 2 is 1.77 bits per heavy atom. The Kier molecular flexibility index (Phi) is 6.50. The number of rotatable bonds is 4. The van der Waals surface area contributed by atoms with Gasteiger partial charge in [0, 0.05) is 31.9 Å². The second-order valence-electron chi connectivity index (χ2n) is 6.87. The van der Waals surface area contributed by atoms with E-state index in [0.29, 0.717) is 42.4 Å². The predicted octanol–water partition coefficient (Wildman–Crippen LogP) is 2.67. The highest BCUT2D eigenvalue weighted by atomic mass is 32.2. The van der Waals surface area contributed by atoms with Crippen molar-refractivity contribution in [3.05, 3.63) is 24.3 Å². The fourth-order valence-electron chi connectivity index (χ4n) is 3.49. The molecule has 1 aliphatic carbocycles. The zero-order valence-electron chi connectivity index (χ0n) is 15.2. The molecule has 2 fully saturated rings. The summed E-state index contributed by atoms with van der Waals surface area (Å²) in [4.78, 5) is 2.43. The minimum absolute atomic E-state index is 0.302. The van der Waals surface area contributed by atoms with Crippen LogP contribution in [0, 0.1) is 0 Å². The molecule has 0 spiro atoms. The number of morpholine rings is 1. The number of nitrogens with one attached hydrogen (secondary N) is 1. The second-order valence-corrected chi connectivity index (χ2v) is 9.20. The van der Waals surface area contributed by atoms with Crippen LogP contribution in [0.3, 0.4) is 0 Å². The summed E-state index contributed by atoms with van der Waals surface area (Å²) in [7, 11) is -1.43. The SMILES string of the molecule is CN(C(=S)Nc1ccc(S(=O)(=O)N2CCOCC2)cc1)C1CCCCC1. The molecule has 3 rings (SSSR count). The van der Waals surface area contributed by atoms with Crippen LogP contribution in [-0.2, 0) is 14.8 Å². The molecular formula is C18H27N3O3S2. The molecule has 0 aromatic heterocycles. The minimum atomic E-state index is -3.46. The molecule has 0 radical (unpaired) electrons. The molecule has 1 heterocycles. The molecule has 0 unspecified atom stereocenters. The smallest absolute Gasteiger partial charge is 0.243 e. The molecule has 6 nitrogen and oxygen atoms in total. The van der Waals surface area contributed by atoms with Gasteiger partial charge in [-0.3, -0.25) is 0 Å². The van der Waals surface area contributed by atoms with Crippen molar-refractivity contribution in [2.24, 2.45) is 0 Å². The second kappa shape index (κ2) is 8.65. The number of thiocarbonyl (C=S) groups is 1. The first-order valence-electron chi connectivity index (χ1n) is 9.20. The lowest BCUT2D eigenvalue weighted by molar-refractivity contribution is 0.0730. The third-order valence-electron chi connectivity index (χ3n) is 5.16. The van der Waals surface area contributed by atoms with Gasteiger partial charge in [-0.15, -0.1) is 0 Å². The number of sulfonamides is 1. The molecule has 26 heavy (non-hydrogen) atoms. The van der Waals surface area contributed by atoms with E-state index in [9.17, 15) is 8.42 Å². The van der Waals surface area contributed by atoms with Gasteiger partial charge in [-0.1, -0.05) is 19.3 Å². The maximum absolute atomic E-state index is 12.7. The lowest BCUT2D eigenvalue weighted by atomic mass is 9.95. The van der Waals surface area contributed by atoms with E-state index in [-0.39, 0.29) is 0 Å². The van der Waals surface area contributed by atoms with Crippen LogP contribution in [0.4, 0.5) is 5.69 Å². The van der Waals surface area contributed by atoms with Crippen LogP contribution < -0.4 is 5.32 Å². The van der Waals surface area contributed by atoms with Crippen molar-refractivity contribution >= 4 is 33.0 Å². The van der Waals surface area contributed by atoms with Crippen molar-refractivity contribution in [1.82, 2.24) is 9.21 Å². The van der Waals surface area contributed by atoms with Crippen LogP contribution in [0.15, 0.2) is 29.2 Å². The van der Waals surface area contributed by atoms with Crippen LogP contribution in [0.1, 0.15) is 32.1 Å². The van der Waals surface area contributed by atoms with Gasteiger partial charge in [-0.2, -0.15) is 4.31 Å². The maximum atomic E-state index is 12.7. The van der Waals surface area contributed by atoms with Crippen molar-refractivity contribution in [3.63, 3.8) is 0 Å². The van der Waals surface area contributed by atoms with E-state index in [0.717, 1.165) is 5.69 Å². The number of hydrogen-bond acceptors (Lipinski definition) is 4. The summed E-state index contributed by atoms with van der Waals surface area (Å²) in [5, 5.41) is 3.91. The number of anilines is 1. The standard InChI is InChI=1S/C18H27N3O3S2/c1-20(16-5-3-2-4-6-16)18(25)19-15-7-9-17(10-8-15)26(22,23)21-11-13-24-14-12-21/h7-10,16H,2-6,11-14H2,1H3,(H,19,25). The van der Waals surface area contributed by atoms with Gasteiger partial charge in [-0.25, -0.2) is 8.42 Å². The van der Waals surface area contributed by atoms with Crippen LogP contribution in [0.5, 0.6) is 0 Å². The third kappa shape index (κ3) is 4.54.